The summed E-state index contributed by atoms with van der Waals surface area (Å²) in [6.07, 6.45) is 0.709. The standard InChI is InChI=1S/C30H61B16N9O4/c31-14-13(15(32)17(34)18(35)16(14)33)25(36,37)27(40,23(59)54-19(20(48)56)26(38,39)28(41,42)29(43,44)30(45,46)51)55-22(58)12(7-4-8-52-24(49)50)53-21(57)11(47)9-10-5-2-1-3-6-10/h1-3,5-6,11-12,19H,4,7-9,31-47,51H2,(H2,48,56)(H,53,57)(H,54,59)(H,55,58)(H4,49,50,52)/t11-,12+,19?,27+/m0/s1. The van der Waals surface area contributed by atoms with Gasteiger partial charge in [-0.15, -0.1) is 16.4 Å². The Morgan fingerprint density at radius 2 is 1.20 bits per heavy atom. The van der Waals surface area contributed by atoms with Gasteiger partial charge in [0.1, 0.15) is 100 Å². The summed E-state index contributed by atoms with van der Waals surface area (Å²) < 4.78 is 0. The van der Waals surface area contributed by atoms with Gasteiger partial charge in [-0.25, -0.2) is 0 Å². The van der Waals surface area contributed by atoms with E-state index in [2.05, 4.69) is 29.1 Å². The van der Waals surface area contributed by atoms with Crippen LogP contribution in [0, 0.1) is 5.41 Å². The Morgan fingerprint density at radius 3 is 1.66 bits per heavy atom. The second kappa shape index (κ2) is 19.1. The van der Waals surface area contributed by atoms with Gasteiger partial charge in [0.15, 0.2) is 5.96 Å². The summed E-state index contributed by atoms with van der Waals surface area (Å²) in [5.41, 5.74) is 30.0. The van der Waals surface area contributed by atoms with E-state index in [1.54, 1.807) is 7.85 Å². The Balaban J connectivity index is 2.83. The second-order valence-corrected chi connectivity index (χ2v) is 19.6. The lowest BCUT2D eigenvalue weighted by Crippen LogP contribution is -2.77. The van der Waals surface area contributed by atoms with Crippen LogP contribution in [-0.4, -0.2) is 191 Å². The quantitative estimate of drug-likeness (QED) is 0.0286. The highest BCUT2D eigenvalue weighted by atomic mass is 16.2. The molecule has 0 aromatic heterocycles. The first-order valence-electron chi connectivity index (χ1n) is 20.7. The van der Waals surface area contributed by atoms with E-state index in [9.17, 15) is 14.4 Å². The van der Waals surface area contributed by atoms with Crippen LogP contribution in [-0.2, 0) is 30.8 Å². The van der Waals surface area contributed by atoms with Gasteiger partial charge in [0.05, 0.1) is 48.9 Å². The third-order valence-electron chi connectivity index (χ3n) is 15.0. The number of nitrogens with two attached hydrogens (primary N) is 4. The second-order valence-electron chi connectivity index (χ2n) is 19.6. The summed E-state index contributed by atoms with van der Waals surface area (Å²) in [5.74, 6) is -2.77. The van der Waals surface area contributed by atoms with Crippen LogP contribution in [0.25, 0.3) is 0 Å². The van der Waals surface area contributed by atoms with Gasteiger partial charge in [-0.05, 0) is 30.0 Å². The van der Waals surface area contributed by atoms with Crippen molar-refractivity contribution in [2.24, 2.45) is 22.9 Å². The molecule has 0 aliphatic heterocycles. The average Bonchev–Trinajstić information content (AvgIpc) is 3.12. The monoisotopic (exact) mass is 788 g/mol. The SMILES string of the molecule is Bc1c(B)c(B)c(C(B)(B)[C@](B)(NC(=O)[C@@H](CCCNC(=N)N)NC(=O)[C@@H](N)Cc2ccccc2)C(=O)NC(C(N)=O)C(B)(B)C(B)(B)C(B)(B)C(B)(B)N)c(B)c1B. The van der Waals surface area contributed by atoms with E-state index in [1.165, 1.54) is 0 Å². The van der Waals surface area contributed by atoms with Gasteiger partial charge in [-0.2, -0.15) is 0 Å². The number of benzene rings is 2. The van der Waals surface area contributed by atoms with Gasteiger partial charge < -0.3 is 44.2 Å². The Hall–Kier alpha value is -3.45. The number of nitrogens with one attached hydrogen (secondary N) is 5. The van der Waals surface area contributed by atoms with Crippen LogP contribution in [0.1, 0.15) is 24.0 Å². The number of carbonyl (C=O) groups excluding carboxylic acids is 4. The van der Waals surface area contributed by atoms with E-state index in [0.29, 0.717) is 6.42 Å². The molecule has 2 aromatic rings. The Morgan fingerprint density at radius 1 is 0.712 bits per heavy atom. The number of hydrogen-bond acceptors (Lipinski definition) is 7. The number of primary amides is 1. The first-order valence-corrected chi connectivity index (χ1v) is 20.7. The summed E-state index contributed by atoms with van der Waals surface area (Å²) in [5, 5.41) is 15.3. The molecule has 0 bridgehead atoms. The first-order chi connectivity index (χ1) is 26.7. The largest absolute Gasteiger partial charge is 0.370 e. The first kappa shape index (κ1) is 51.7. The van der Waals surface area contributed by atoms with Gasteiger partial charge >= 0.3 is 0 Å². The molecule has 13 nitrogen and oxygen atoms in total. The minimum absolute atomic E-state index is 0.129. The summed E-state index contributed by atoms with van der Waals surface area (Å²) in [7, 11) is 31.5. The van der Waals surface area contributed by atoms with Gasteiger partial charge in [0.2, 0.25) is 23.6 Å². The molecule has 0 aliphatic carbocycles. The fourth-order valence-electron chi connectivity index (χ4n) is 8.41. The van der Waals surface area contributed by atoms with Crippen LogP contribution in [0.3, 0.4) is 0 Å². The molecule has 0 spiro atoms. The molecule has 2 aromatic carbocycles. The highest BCUT2D eigenvalue weighted by Gasteiger charge is 2.57. The molecule has 0 heterocycles. The smallest absolute Gasteiger partial charge is 0.242 e. The van der Waals surface area contributed by atoms with Gasteiger partial charge in [0, 0.05) is 6.54 Å². The van der Waals surface area contributed by atoms with E-state index in [-0.39, 0.29) is 25.3 Å². The average molecular weight is 785 g/mol. The molecule has 0 radical (unpaired) electrons. The van der Waals surface area contributed by atoms with Crippen molar-refractivity contribution in [3.8, 4) is 0 Å². The van der Waals surface area contributed by atoms with Crippen LogP contribution >= 0.6 is 0 Å². The van der Waals surface area contributed by atoms with Crippen LogP contribution < -0.4 is 71.5 Å². The van der Waals surface area contributed by atoms with E-state index in [1.807, 2.05) is 140 Å². The van der Waals surface area contributed by atoms with Crippen molar-refractivity contribution in [1.29, 1.82) is 5.41 Å². The third kappa shape index (κ3) is 10.7. The molecule has 4 atom stereocenters. The molecule has 2 rings (SSSR count). The molecular formula is C30H61B16N9O4. The molecule has 0 saturated heterocycles. The Kier molecular flexibility index (Phi) is 16.7. The van der Waals surface area contributed by atoms with E-state index in [0.717, 1.165) is 38.4 Å². The summed E-state index contributed by atoms with van der Waals surface area (Å²) in [6, 6.07) is 6.02. The highest BCUT2D eigenvalue weighted by molar-refractivity contribution is 6.69. The summed E-state index contributed by atoms with van der Waals surface area (Å²) in [6.45, 7) is 0.260. The minimum atomic E-state index is -1.75. The maximum atomic E-state index is 15.4. The zero-order valence-corrected chi connectivity index (χ0v) is 38.9. The van der Waals surface area contributed by atoms with Gasteiger partial charge in [-0.3, -0.25) is 24.6 Å². The van der Waals surface area contributed by atoms with E-state index in [4.69, 9.17) is 28.3 Å². The molecule has 13 N–H and O–H groups in total. The summed E-state index contributed by atoms with van der Waals surface area (Å²) in [4.78, 5) is 57.5. The van der Waals surface area contributed by atoms with Gasteiger partial charge in [-0.1, -0.05) is 67.8 Å². The normalized spacial score (nSPS) is 15.0. The van der Waals surface area contributed by atoms with Crippen LogP contribution in [0.15, 0.2) is 30.3 Å². The number of carbonyl (C=O) groups is 4. The Labute approximate surface area is 366 Å². The predicted octanol–water partition coefficient (Wildman–Crippen LogP) is -20.8. The van der Waals surface area contributed by atoms with Crippen LogP contribution in [0.2, 0.25) is 15.6 Å². The molecule has 59 heavy (non-hydrogen) atoms. The fraction of sp³-hybridized carbons (Fsp3) is 0.433. The number of guanidine groups is 1. The molecule has 29 heteroatoms. The molecule has 0 aliphatic rings. The molecule has 1 unspecified atom stereocenters. The van der Waals surface area contributed by atoms with Crippen molar-refractivity contribution in [2.45, 2.75) is 69.0 Å². The summed E-state index contributed by atoms with van der Waals surface area (Å²) >= 11 is 0. The van der Waals surface area contributed by atoms with Crippen LogP contribution in [0.4, 0.5) is 0 Å². The lowest BCUT2D eigenvalue weighted by Gasteiger charge is -2.61. The zero-order chi connectivity index (χ0) is 45.9. The molecule has 0 fully saturated rings. The molecule has 0 saturated carbocycles. The highest BCUT2D eigenvalue weighted by Crippen LogP contribution is 2.60. The lowest BCUT2D eigenvalue weighted by atomic mass is 9.11. The van der Waals surface area contributed by atoms with Crippen molar-refractivity contribution in [1.82, 2.24) is 21.3 Å². The maximum Gasteiger partial charge on any atom is 0.242 e. The number of amides is 4. The molecule has 4 amide bonds. The predicted molar refractivity (Wildman–Crippen MR) is 289 cm³/mol. The molecular weight excluding hydrogens is 723 g/mol. The van der Waals surface area contributed by atoms with Crippen molar-refractivity contribution in [2.75, 3.05) is 6.54 Å². The lowest BCUT2D eigenvalue weighted by molar-refractivity contribution is -0.135. The maximum absolute atomic E-state index is 15.4. The number of rotatable bonds is 19. The minimum Gasteiger partial charge on any atom is -0.370 e. The number of hydrogen-bond donors (Lipinski definition) is 9. The Bertz CT molecular complexity index is 1890. The van der Waals surface area contributed by atoms with Crippen LogP contribution in [0.5, 0.6) is 0 Å². The zero-order valence-electron chi connectivity index (χ0n) is 38.9. The van der Waals surface area contributed by atoms with Crippen molar-refractivity contribution in [3.05, 3.63) is 41.5 Å². The fourth-order valence-corrected chi connectivity index (χ4v) is 8.41. The molecule has 298 valence electrons. The van der Waals surface area contributed by atoms with Crippen molar-refractivity contribution >= 4 is 182 Å². The van der Waals surface area contributed by atoms with E-state index < -0.39 is 73.4 Å². The van der Waals surface area contributed by atoms with Crippen molar-refractivity contribution in [3.63, 3.8) is 0 Å². The topological polar surface area (TPSA) is 244 Å². The van der Waals surface area contributed by atoms with Crippen molar-refractivity contribution < 1.29 is 19.2 Å². The van der Waals surface area contributed by atoms with Gasteiger partial charge in [0.25, 0.3) is 0 Å². The van der Waals surface area contributed by atoms with E-state index >= 15 is 4.79 Å². The third-order valence-corrected chi connectivity index (χ3v) is 15.0.